The normalized spacial score (nSPS) is 14.1. The van der Waals surface area contributed by atoms with Crippen molar-refractivity contribution in [2.45, 2.75) is 19.1 Å². The van der Waals surface area contributed by atoms with Crippen molar-refractivity contribution >= 4 is 11.6 Å². The number of rotatable bonds is 5. The molecule has 0 aliphatic carbocycles. The second kappa shape index (κ2) is 6.06. The second-order valence-corrected chi connectivity index (χ2v) is 4.78. The molecule has 0 bridgehead atoms. The zero-order chi connectivity index (χ0) is 13.8. The molecule has 0 fully saturated rings. The molecule has 3 N–H and O–H groups in total. The predicted octanol–water partition coefficient (Wildman–Crippen LogP) is 2.05. The Morgan fingerprint density at radius 2 is 2.21 bits per heavy atom. The molecular weight excluding hydrogens is 264 g/mol. The number of nitrogens with one attached hydrogen (secondary N) is 1. The topological polar surface area (TPSA) is 65.1 Å². The van der Waals surface area contributed by atoms with Crippen molar-refractivity contribution in [3.05, 3.63) is 47.2 Å². The van der Waals surface area contributed by atoms with Crippen LogP contribution < -0.4 is 16.0 Å². The Morgan fingerprint density at radius 3 is 2.79 bits per heavy atom. The Morgan fingerprint density at radius 1 is 1.42 bits per heavy atom. The molecule has 0 aliphatic heterocycles. The number of nitrogens with two attached hydrogens (primary N) is 1. The number of aromatic nitrogens is 2. The van der Waals surface area contributed by atoms with Crippen LogP contribution in [0.4, 0.5) is 0 Å². The summed E-state index contributed by atoms with van der Waals surface area (Å²) in [6.07, 6.45) is 1.68. The lowest BCUT2D eigenvalue weighted by molar-refractivity contribution is 0.168. The zero-order valence-electron chi connectivity index (χ0n) is 10.9. The molecule has 2 atom stereocenters. The van der Waals surface area contributed by atoms with Gasteiger partial charge >= 0.3 is 0 Å². The number of hydrogen-bond donors (Lipinski definition) is 2. The molecule has 5 nitrogen and oxygen atoms in total. The minimum atomic E-state index is -0.194. The van der Waals surface area contributed by atoms with Crippen molar-refractivity contribution in [3.63, 3.8) is 0 Å². The molecule has 2 unspecified atom stereocenters. The molecule has 1 aromatic carbocycles. The average molecular weight is 281 g/mol. The minimum absolute atomic E-state index is 0.182. The molecule has 0 aliphatic rings. The van der Waals surface area contributed by atoms with Crippen LogP contribution in [0.3, 0.4) is 0 Å². The van der Waals surface area contributed by atoms with E-state index >= 15 is 0 Å². The van der Waals surface area contributed by atoms with Gasteiger partial charge in [0.25, 0.3) is 0 Å². The number of aryl methyl sites for hydroxylation is 1. The van der Waals surface area contributed by atoms with Gasteiger partial charge in [-0.25, -0.2) is 5.43 Å². The fraction of sp³-hybridized carbons (Fsp3) is 0.308. The molecule has 102 valence electrons. The third-order valence-corrected chi connectivity index (χ3v) is 3.06. The lowest BCUT2D eigenvalue weighted by atomic mass is 10.1. The van der Waals surface area contributed by atoms with E-state index in [0.29, 0.717) is 10.8 Å². The van der Waals surface area contributed by atoms with E-state index in [4.69, 9.17) is 22.2 Å². The molecule has 6 heteroatoms. The molecule has 0 saturated carbocycles. The van der Waals surface area contributed by atoms with E-state index in [1.165, 1.54) is 0 Å². The first kappa shape index (κ1) is 13.9. The average Bonchev–Trinajstić information content (AvgIpc) is 2.76. The number of ether oxygens (including phenoxy) is 1. The summed E-state index contributed by atoms with van der Waals surface area (Å²) in [6.45, 7) is 1.93. The largest absolute Gasteiger partial charge is 0.489 e. The molecule has 0 saturated heterocycles. The van der Waals surface area contributed by atoms with Gasteiger partial charge in [0, 0.05) is 18.3 Å². The maximum atomic E-state index is 5.93. The third kappa shape index (κ3) is 3.47. The molecule has 0 amide bonds. The lowest BCUT2D eigenvalue weighted by Crippen LogP contribution is -2.38. The van der Waals surface area contributed by atoms with Gasteiger partial charge < -0.3 is 4.74 Å². The van der Waals surface area contributed by atoms with Crippen molar-refractivity contribution in [2.75, 3.05) is 0 Å². The van der Waals surface area contributed by atoms with Gasteiger partial charge in [0.15, 0.2) is 0 Å². The fourth-order valence-corrected chi connectivity index (χ4v) is 2.06. The van der Waals surface area contributed by atoms with Crippen molar-refractivity contribution in [1.82, 2.24) is 15.2 Å². The van der Waals surface area contributed by atoms with Crippen molar-refractivity contribution in [1.29, 1.82) is 0 Å². The van der Waals surface area contributed by atoms with Gasteiger partial charge in [0.2, 0.25) is 0 Å². The van der Waals surface area contributed by atoms with E-state index in [9.17, 15) is 0 Å². The number of halogens is 1. The van der Waals surface area contributed by atoms with Crippen LogP contribution in [0.1, 0.15) is 18.7 Å². The molecule has 2 aromatic rings. The van der Waals surface area contributed by atoms with Crippen molar-refractivity contribution in [2.24, 2.45) is 12.9 Å². The summed E-state index contributed by atoms with van der Waals surface area (Å²) in [6, 6.07) is 8.98. The zero-order valence-corrected chi connectivity index (χ0v) is 11.6. The number of hydrogen-bond acceptors (Lipinski definition) is 4. The fourth-order valence-electron chi connectivity index (χ4n) is 1.88. The second-order valence-electron chi connectivity index (χ2n) is 4.34. The van der Waals surface area contributed by atoms with E-state index in [1.54, 1.807) is 16.8 Å². The first-order chi connectivity index (χ1) is 9.10. The van der Waals surface area contributed by atoms with Crippen LogP contribution in [0, 0.1) is 0 Å². The van der Waals surface area contributed by atoms with Crippen molar-refractivity contribution in [3.8, 4) is 5.75 Å². The van der Waals surface area contributed by atoms with Gasteiger partial charge in [-0.1, -0.05) is 17.7 Å². The summed E-state index contributed by atoms with van der Waals surface area (Å²) in [7, 11) is 1.86. The van der Waals surface area contributed by atoms with Gasteiger partial charge in [-0.05, 0) is 31.2 Å². The standard InChI is InChI=1S/C13H17ClN4O/c1-9(19-11-5-3-4-10(14)8-11)13(16-15)12-6-7-18(2)17-12/h3-9,13,16H,15H2,1-2H3. The van der Waals surface area contributed by atoms with Gasteiger partial charge in [0.05, 0.1) is 5.69 Å². The Hall–Kier alpha value is -1.56. The van der Waals surface area contributed by atoms with Gasteiger partial charge in [0.1, 0.15) is 17.9 Å². The summed E-state index contributed by atoms with van der Waals surface area (Å²) in [5.41, 5.74) is 3.57. The van der Waals surface area contributed by atoms with Crippen LogP contribution >= 0.6 is 11.6 Å². The minimum Gasteiger partial charge on any atom is -0.489 e. The Bertz CT molecular complexity index is 543. The van der Waals surface area contributed by atoms with Crippen LogP contribution in [-0.2, 0) is 7.05 Å². The quantitative estimate of drug-likeness (QED) is 0.650. The van der Waals surface area contributed by atoms with Crippen LogP contribution in [0.15, 0.2) is 36.5 Å². The Kier molecular flexibility index (Phi) is 4.42. The van der Waals surface area contributed by atoms with E-state index in [-0.39, 0.29) is 12.1 Å². The molecule has 1 heterocycles. The molecule has 1 aromatic heterocycles. The molecule has 0 radical (unpaired) electrons. The summed E-state index contributed by atoms with van der Waals surface area (Å²) in [4.78, 5) is 0. The Balaban J connectivity index is 2.11. The van der Waals surface area contributed by atoms with Crippen LogP contribution in [-0.4, -0.2) is 15.9 Å². The number of nitrogens with zero attached hydrogens (tertiary/aromatic N) is 2. The summed E-state index contributed by atoms with van der Waals surface area (Å²) >= 11 is 5.93. The Labute approximate surface area is 117 Å². The highest BCUT2D eigenvalue weighted by Crippen LogP contribution is 2.22. The highest BCUT2D eigenvalue weighted by molar-refractivity contribution is 6.30. The molecule has 0 spiro atoms. The predicted molar refractivity (Wildman–Crippen MR) is 74.8 cm³/mol. The third-order valence-electron chi connectivity index (χ3n) is 2.82. The van der Waals surface area contributed by atoms with Gasteiger partial charge in [-0.15, -0.1) is 0 Å². The maximum absolute atomic E-state index is 5.93. The van der Waals surface area contributed by atoms with E-state index in [0.717, 1.165) is 5.69 Å². The van der Waals surface area contributed by atoms with Crippen molar-refractivity contribution < 1.29 is 4.74 Å². The van der Waals surface area contributed by atoms with Crippen LogP contribution in [0.2, 0.25) is 5.02 Å². The summed E-state index contributed by atoms with van der Waals surface area (Å²) in [5.74, 6) is 6.30. The molecule has 19 heavy (non-hydrogen) atoms. The highest BCUT2D eigenvalue weighted by Gasteiger charge is 2.22. The maximum Gasteiger partial charge on any atom is 0.121 e. The first-order valence-corrected chi connectivity index (χ1v) is 6.36. The number of hydrazine groups is 1. The summed E-state index contributed by atoms with van der Waals surface area (Å²) in [5, 5.41) is 4.97. The first-order valence-electron chi connectivity index (χ1n) is 5.98. The molecular formula is C13H17ClN4O. The molecule has 2 rings (SSSR count). The van der Waals surface area contributed by atoms with E-state index in [1.807, 2.05) is 38.4 Å². The lowest BCUT2D eigenvalue weighted by Gasteiger charge is -2.22. The van der Waals surface area contributed by atoms with E-state index < -0.39 is 0 Å². The number of benzene rings is 1. The van der Waals surface area contributed by atoms with Crippen LogP contribution in [0.5, 0.6) is 5.75 Å². The van der Waals surface area contributed by atoms with Gasteiger partial charge in [-0.2, -0.15) is 5.10 Å². The highest BCUT2D eigenvalue weighted by atomic mass is 35.5. The monoisotopic (exact) mass is 280 g/mol. The van der Waals surface area contributed by atoms with E-state index in [2.05, 4.69) is 10.5 Å². The SMILES string of the molecule is CC(Oc1cccc(Cl)c1)C(NN)c1ccn(C)n1. The van der Waals surface area contributed by atoms with Gasteiger partial charge in [-0.3, -0.25) is 10.5 Å². The smallest absolute Gasteiger partial charge is 0.121 e. The summed E-state index contributed by atoms with van der Waals surface area (Å²) < 4.78 is 7.56. The van der Waals surface area contributed by atoms with Crippen LogP contribution in [0.25, 0.3) is 0 Å².